The molecule has 0 aromatic heterocycles. The molecule has 0 bridgehead atoms. The summed E-state index contributed by atoms with van der Waals surface area (Å²) in [6, 6.07) is 0. The molecule has 0 saturated heterocycles. The molecule has 0 aliphatic rings. The number of thiocarbonyl (C=S) groups is 1. The molecular weight excluding hydrogens is 300 g/mol. The van der Waals surface area contributed by atoms with Gasteiger partial charge in [0.15, 0.2) is 0 Å². The van der Waals surface area contributed by atoms with E-state index in [2.05, 4.69) is 67.7 Å². The van der Waals surface area contributed by atoms with Crippen molar-refractivity contribution >= 4 is 17.6 Å². The summed E-state index contributed by atoms with van der Waals surface area (Å²) in [7, 11) is 0. The first-order valence-corrected chi connectivity index (χ1v) is 9.13. The lowest BCUT2D eigenvalue weighted by atomic mass is 10.1. The van der Waals surface area contributed by atoms with Crippen LogP contribution < -0.4 is 0 Å². The number of rotatable bonds is 14. The van der Waals surface area contributed by atoms with Gasteiger partial charge >= 0.3 is 0 Å². The zero-order chi connectivity index (χ0) is 17.0. The lowest BCUT2D eigenvalue weighted by molar-refractivity contribution is 0.259. The van der Waals surface area contributed by atoms with Gasteiger partial charge in [0.25, 0.3) is 0 Å². The molecule has 0 spiro atoms. The molecule has 0 radical (unpaired) electrons. The summed E-state index contributed by atoms with van der Waals surface area (Å²) in [4.78, 5) is 0. The van der Waals surface area contributed by atoms with Gasteiger partial charge in [-0.15, -0.1) is 0 Å². The van der Waals surface area contributed by atoms with E-state index < -0.39 is 0 Å². The summed E-state index contributed by atoms with van der Waals surface area (Å²) in [5.74, 6) is 0.159. The van der Waals surface area contributed by atoms with Crippen molar-refractivity contribution in [2.24, 2.45) is 5.92 Å². The summed E-state index contributed by atoms with van der Waals surface area (Å²) >= 11 is 4.85. The average Bonchev–Trinajstić information content (AvgIpc) is 2.58. The van der Waals surface area contributed by atoms with E-state index in [4.69, 9.17) is 17.3 Å². The highest BCUT2D eigenvalue weighted by molar-refractivity contribution is 7.79. The van der Waals surface area contributed by atoms with Crippen LogP contribution in [0.25, 0.3) is 0 Å². The Morgan fingerprint density at radius 3 is 1.57 bits per heavy atom. The first-order valence-electron chi connectivity index (χ1n) is 8.66. The molecule has 0 amide bonds. The maximum atomic E-state index is 9.00. The quantitative estimate of drug-likeness (QED) is 0.305. The molecule has 1 nitrogen and oxygen atoms in total. The van der Waals surface area contributed by atoms with Crippen molar-refractivity contribution in [2.45, 2.75) is 51.9 Å². The van der Waals surface area contributed by atoms with E-state index in [0.29, 0.717) is 0 Å². The van der Waals surface area contributed by atoms with Crippen LogP contribution in [0.5, 0.6) is 0 Å². The fraction of sp³-hybridized carbons (Fsp3) is 0.476. The van der Waals surface area contributed by atoms with Crippen molar-refractivity contribution in [3.8, 4) is 0 Å². The van der Waals surface area contributed by atoms with Gasteiger partial charge in [0, 0.05) is 5.92 Å². The van der Waals surface area contributed by atoms with E-state index in [1.807, 2.05) is 0 Å². The molecule has 0 saturated carbocycles. The summed E-state index contributed by atoms with van der Waals surface area (Å²) in [6.45, 7) is 2.31. The van der Waals surface area contributed by atoms with Crippen LogP contribution in [-0.2, 0) is 0 Å². The number of aliphatic hydroxyl groups excluding tert-OH is 1. The SMILES string of the molecule is CCC=CCC=CCC=CCC=CCC=CCCC(C=S)CO. The molecule has 0 aromatic rings. The van der Waals surface area contributed by atoms with Crippen LogP contribution in [0.3, 0.4) is 0 Å². The minimum absolute atomic E-state index is 0.159. The standard InChI is InChI=1S/C21H32OS/c1-2-3-4-5-6-7-8-9-10-11-12-13-14-15-16-17-18-21(19-22)20-23/h3-4,6-7,9-10,12-13,15-16,20-22H,2,5,8,11,14,17-19H2,1H3. The molecule has 1 unspecified atom stereocenters. The Balaban J connectivity index is 3.54. The molecule has 0 aliphatic carbocycles. The van der Waals surface area contributed by atoms with Crippen molar-refractivity contribution in [1.29, 1.82) is 0 Å². The molecule has 1 N–H and O–H groups in total. The van der Waals surface area contributed by atoms with Crippen LogP contribution in [0.2, 0.25) is 0 Å². The van der Waals surface area contributed by atoms with E-state index in [9.17, 15) is 0 Å². The molecule has 0 aromatic carbocycles. The minimum Gasteiger partial charge on any atom is -0.396 e. The average molecular weight is 333 g/mol. The van der Waals surface area contributed by atoms with Crippen LogP contribution in [0, 0.1) is 5.92 Å². The Labute approximate surface area is 148 Å². The Morgan fingerprint density at radius 1 is 0.739 bits per heavy atom. The molecule has 2 heteroatoms. The molecule has 0 aliphatic heterocycles. The fourth-order valence-corrected chi connectivity index (χ4v) is 2.10. The maximum absolute atomic E-state index is 9.00. The summed E-state index contributed by atoms with van der Waals surface area (Å²) in [5.41, 5.74) is 0. The molecule has 128 valence electrons. The second kappa shape index (κ2) is 18.8. The maximum Gasteiger partial charge on any atom is 0.0502 e. The largest absolute Gasteiger partial charge is 0.396 e. The fourth-order valence-electron chi connectivity index (χ4n) is 1.88. The smallest absolute Gasteiger partial charge is 0.0502 e. The van der Waals surface area contributed by atoms with E-state index in [1.165, 1.54) is 0 Å². The first kappa shape index (κ1) is 21.8. The van der Waals surface area contributed by atoms with Gasteiger partial charge in [-0.05, 0) is 50.3 Å². The highest BCUT2D eigenvalue weighted by atomic mass is 32.1. The van der Waals surface area contributed by atoms with E-state index in [0.717, 1.165) is 44.9 Å². The van der Waals surface area contributed by atoms with Crippen molar-refractivity contribution in [3.05, 3.63) is 60.8 Å². The lowest BCUT2D eigenvalue weighted by Gasteiger charge is -2.03. The Kier molecular flexibility index (Phi) is 17.8. The van der Waals surface area contributed by atoms with Gasteiger partial charge in [0.1, 0.15) is 0 Å². The predicted octanol–water partition coefficient (Wildman–Crippen LogP) is 6.13. The van der Waals surface area contributed by atoms with Gasteiger partial charge in [-0.25, -0.2) is 0 Å². The molecule has 0 heterocycles. The molecule has 0 fully saturated rings. The topological polar surface area (TPSA) is 20.2 Å². The predicted molar refractivity (Wildman–Crippen MR) is 108 cm³/mol. The molecule has 1 atom stereocenters. The van der Waals surface area contributed by atoms with Crippen LogP contribution >= 0.6 is 12.2 Å². The second-order valence-corrected chi connectivity index (χ2v) is 5.64. The highest BCUT2D eigenvalue weighted by Gasteiger charge is 1.99. The third kappa shape index (κ3) is 16.9. The van der Waals surface area contributed by atoms with Crippen molar-refractivity contribution in [1.82, 2.24) is 0 Å². The van der Waals surface area contributed by atoms with Crippen molar-refractivity contribution < 1.29 is 5.11 Å². The lowest BCUT2D eigenvalue weighted by Crippen LogP contribution is -2.05. The zero-order valence-electron chi connectivity index (χ0n) is 14.4. The van der Waals surface area contributed by atoms with Crippen LogP contribution in [0.4, 0.5) is 0 Å². The van der Waals surface area contributed by atoms with Gasteiger partial charge < -0.3 is 5.11 Å². The Morgan fingerprint density at radius 2 is 1.17 bits per heavy atom. The summed E-state index contributed by atoms with van der Waals surface area (Å²) in [5, 5.41) is 10.7. The van der Waals surface area contributed by atoms with Gasteiger partial charge in [-0.2, -0.15) is 0 Å². The van der Waals surface area contributed by atoms with Gasteiger partial charge in [0.2, 0.25) is 0 Å². The Bertz CT molecular complexity index is 402. The molecule has 23 heavy (non-hydrogen) atoms. The monoisotopic (exact) mass is 332 g/mol. The molecule has 0 rings (SSSR count). The third-order valence-corrected chi connectivity index (χ3v) is 3.67. The highest BCUT2D eigenvalue weighted by Crippen LogP contribution is 2.04. The first-order chi connectivity index (χ1) is 11.3. The van der Waals surface area contributed by atoms with Crippen molar-refractivity contribution in [2.75, 3.05) is 6.61 Å². The van der Waals surface area contributed by atoms with Gasteiger partial charge in [-0.3, -0.25) is 0 Å². The van der Waals surface area contributed by atoms with Crippen LogP contribution in [0.15, 0.2) is 60.8 Å². The minimum atomic E-state index is 0.159. The number of hydrogen-bond acceptors (Lipinski definition) is 2. The van der Waals surface area contributed by atoms with Gasteiger partial charge in [-0.1, -0.05) is 79.9 Å². The van der Waals surface area contributed by atoms with Gasteiger partial charge in [0.05, 0.1) is 6.61 Å². The second-order valence-electron chi connectivity index (χ2n) is 5.36. The van der Waals surface area contributed by atoms with Crippen LogP contribution in [-0.4, -0.2) is 17.1 Å². The number of allylic oxidation sites excluding steroid dienone is 10. The Hall–Kier alpha value is -1.25. The third-order valence-electron chi connectivity index (χ3n) is 3.29. The number of aliphatic hydroxyl groups is 1. The zero-order valence-corrected chi connectivity index (χ0v) is 15.3. The molecular formula is C21H32OS. The number of hydrogen-bond donors (Lipinski definition) is 1. The summed E-state index contributed by atoms with van der Waals surface area (Å²) < 4.78 is 0. The van der Waals surface area contributed by atoms with E-state index in [1.54, 1.807) is 5.37 Å². The van der Waals surface area contributed by atoms with E-state index in [-0.39, 0.29) is 12.5 Å². The summed E-state index contributed by atoms with van der Waals surface area (Å²) in [6.07, 6.45) is 29.0. The van der Waals surface area contributed by atoms with Crippen molar-refractivity contribution in [3.63, 3.8) is 0 Å². The van der Waals surface area contributed by atoms with E-state index >= 15 is 0 Å². The normalized spacial score (nSPS) is 14.2. The van der Waals surface area contributed by atoms with Crippen LogP contribution in [0.1, 0.15) is 51.9 Å².